The Hall–Kier alpha value is -1.10. The lowest BCUT2D eigenvalue weighted by atomic mass is 10.0. The number of nitrogens with two attached hydrogens (primary N) is 1. The van der Waals surface area contributed by atoms with E-state index in [0.29, 0.717) is 19.3 Å². The molecule has 1 atom stereocenters. The average molecular weight is 217 g/mol. The van der Waals surface area contributed by atoms with Crippen LogP contribution in [0.4, 0.5) is 0 Å². The van der Waals surface area contributed by atoms with Crippen LogP contribution < -0.4 is 5.73 Å². The van der Waals surface area contributed by atoms with Gasteiger partial charge in [0.2, 0.25) is 0 Å². The van der Waals surface area contributed by atoms with Crippen LogP contribution in [-0.4, -0.2) is 28.2 Å². The van der Waals surface area contributed by atoms with Crippen molar-refractivity contribution in [3.8, 4) is 0 Å². The summed E-state index contributed by atoms with van der Waals surface area (Å²) in [4.78, 5) is 20.4. The van der Waals surface area contributed by atoms with Crippen molar-refractivity contribution < 1.29 is 19.8 Å². The Morgan fingerprint density at radius 2 is 1.40 bits per heavy atom. The van der Waals surface area contributed by atoms with E-state index in [1.165, 1.54) is 0 Å². The molecule has 4 N–H and O–H groups in total. The van der Waals surface area contributed by atoms with Crippen LogP contribution in [0.1, 0.15) is 44.9 Å². The first-order valence-corrected chi connectivity index (χ1v) is 5.21. The van der Waals surface area contributed by atoms with Crippen molar-refractivity contribution in [2.75, 3.05) is 0 Å². The predicted octanol–water partition coefficient (Wildman–Crippen LogP) is 1.21. The van der Waals surface area contributed by atoms with Crippen LogP contribution in [0.25, 0.3) is 0 Å². The molecule has 0 amide bonds. The van der Waals surface area contributed by atoms with Crippen molar-refractivity contribution >= 4 is 11.9 Å². The third kappa shape index (κ3) is 10.8. The Kier molecular flexibility index (Phi) is 7.62. The van der Waals surface area contributed by atoms with Crippen molar-refractivity contribution in [1.82, 2.24) is 0 Å². The summed E-state index contributed by atoms with van der Waals surface area (Å²) in [6.45, 7) is 0. The highest BCUT2D eigenvalue weighted by molar-refractivity contribution is 5.66. The Bertz CT molecular complexity index is 206. The molecule has 0 spiro atoms. The number of unbranched alkanes of at least 4 members (excludes halogenated alkanes) is 1. The van der Waals surface area contributed by atoms with Gasteiger partial charge < -0.3 is 15.9 Å². The number of hydrogen-bond acceptors (Lipinski definition) is 3. The molecule has 0 saturated carbocycles. The summed E-state index contributed by atoms with van der Waals surface area (Å²) in [6.07, 6.45) is 3.83. The number of carboxylic acids is 2. The van der Waals surface area contributed by atoms with Gasteiger partial charge in [0.05, 0.1) is 0 Å². The molecule has 0 aliphatic heterocycles. The fourth-order valence-electron chi connectivity index (χ4n) is 1.34. The van der Waals surface area contributed by atoms with E-state index in [9.17, 15) is 9.59 Å². The van der Waals surface area contributed by atoms with Crippen molar-refractivity contribution in [1.29, 1.82) is 0 Å². The summed E-state index contributed by atoms with van der Waals surface area (Å²) < 4.78 is 0. The van der Waals surface area contributed by atoms with Crippen LogP contribution in [0.15, 0.2) is 0 Å². The normalized spacial score (nSPS) is 12.3. The van der Waals surface area contributed by atoms with Gasteiger partial charge in [-0.15, -0.1) is 0 Å². The van der Waals surface area contributed by atoms with E-state index in [-0.39, 0.29) is 18.9 Å². The second kappa shape index (κ2) is 8.23. The molecule has 0 fully saturated rings. The van der Waals surface area contributed by atoms with Crippen LogP contribution >= 0.6 is 0 Å². The Morgan fingerprint density at radius 1 is 0.933 bits per heavy atom. The predicted molar refractivity (Wildman–Crippen MR) is 55.6 cm³/mol. The molecule has 0 aliphatic carbocycles. The van der Waals surface area contributed by atoms with Crippen LogP contribution in [0.2, 0.25) is 0 Å². The molecule has 0 radical (unpaired) electrons. The highest BCUT2D eigenvalue weighted by atomic mass is 16.4. The smallest absolute Gasteiger partial charge is 0.303 e. The van der Waals surface area contributed by atoms with Crippen LogP contribution in [-0.2, 0) is 9.59 Å². The van der Waals surface area contributed by atoms with Crippen LogP contribution in [0, 0.1) is 0 Å². The van der Waals surface area contributed by atoms with E-state index in [1.807, 2.05) is 0 Å². The van der Waals surface area contributed by atoms with Crippen LogP contribution in [0.5, 0.6) is 0 Å². The van der Waals surface area contributed by atoms with Gasteiger partial charge in [-0.2, -0.15) is 0 Å². The fourth-order valence-corrected chi connectivity index (χ4v) is 1.34. The summed E-state index contributed by atoms with van der Waals surface area (Å²) >= 11 is 0. The highest BCUT2D eigenvalue weighted by Crippen LogP contribution is 2.07. The third-order valence-electron chi connectivity index (χ3n) is 2.18. The van der Waals surface area contributed by atoms with Crippen molar-refractivity contribution in [2.24, 2.45) is 5.73 Å². The van der Waals surface area contributed by atoms with Gasteiger partial charge >= 0.3 is 11.9 Å². The van der Waals surface area contributed by atoms with Gasteiger partial charge in [-0.3, -0.25) is 9.59 Å². The summed E-state index contributed by atoms with van der Waals surface area (Å²) in [6, 6.07) is -0.00172. The largest absolute Gasteiger partial charge is 0.481 e. The van der Waals surface area contributed by atoms with E-state index < -0.39 is 11.9 Å². The van der Waals surface area contributed by atoms with Gasteiger partial charge in [-0.1, -0.05) is 6.42 Å². The Morgan fingerprint density at radius 3 is 1.93 bits per heavy atom. The monoisotopic (exact) mass is 217 g/mol. The number of aliphatic carboxylic acids is 2. The van der Waals surface area contributed by atoms with Crippen molar-refractivity contribution in [3.63, 3.8) is 0 Å². The lowest BCUT2D eigenvalue weighted by Crippen LogP contribution is -2.20. The standard InChI is InChI=1S/C10H19NO4/c11-8(5-3-7-10(14)15)4-1-2-6-9(12)13/h8H,1-7,11H2,(H,12,13)(H,14,15). The van der Waals surface area contributed by atoms with Gasteiger partial charge in [0, 0.05) is 18.9 Å². The molecular formula is C10H19NO4. The zero-order valence-corrected chi connectivity index (χ0v) is 8.82. The lowest BCUT2D eigenvalue weighted by Gasteiger charge is -2.09. The van der Waals surface area contributed by atoms with E-state index in [2.05, 4.69) is 0 Å². The first-order valence-electron chi connectivity index (χ1n) is 5.21. The molecule has 5 nitrogen and oxygen atoms in total. The van der Waals surface area contributed by atoms with E-state index in [1.54, 1.807) is 0 Å². The highest BCUT2D eigenvalue weighted by Gasteiger charge is 2.05. The molecule has 5 heteroatoms. The molecule has 15 heavy (non-hydrogen) atoms. The van der Waals surface area contributed by atoms with Gasteiger partial charge in [0.15, 0.2) is 0 Å². The molecule has 0 aromatic carbocycles. The lowest BCUT2D eigenvalue weighted by molar-refractivity contribution is -0.138. The molecule has 0 aromatic rings. The van der Waals surface area contributed by atoms with E-state index in [4.69, 9.17) is 15.9 Å². The first-order chi connectivity index (χ1) is 7.02. The molecule has 0 bridgehead atoms. The van der Waals surface area contributed by atoms with E-state index >= 15 is 0 Å². The molecule has 88 valence electrons. The fraction of sp³-hybridized carbons (Fsp3) is 0.800. The topological polar surface area (TPSA) is 101 Å². The maximum absolute atomic E-state index is 10.2. The minimum absolute atomic E-state index is 0.00172. The molecule has 0 aliphatic rings. The second-order valence-electron chi connectivity index (χ2n) is 3.69. The van der Waals surface area contributed by atoms with Gasteiger partial charge in [0.25, 0.3) is 0 Å². The zero-order valence-electron chi connectivity index (χ0n) is 8.82. The Labute approximate surface area is 89.3 Å². The molecular weight excluding hydrogens is 198 g/mol. The van der Waals surface area contributed by atoms with Crippen molar-refractivity contribution in [3.05, 3.63) is 0 Å². The molecule has 0 rings (SSSR count). The van der Waals surface area contributed by atoms with Gasteiger partial charge in [-0.25, -0.2) is 0 Å². The summed E-state index contributed by atoms with van der Waals surface area (Å²) in [5.74, 6) is -1.58. The summed E-state index contributed by atoms with van der Waals surface area (Å²) in [5, 5.41) is 16.8. The SMILES string of the molecule is NC(CCCCC(=O)O)CCCC(=O)O. The quantitative estimate of drug-likeness (QED) is 0.504. The number of carboxylic acid groups (broad SMARTS) is 2. The number of hydrogen-bond donors (Lipinski definition) is 3. The first kappa shape index (κ1) is 13.9. The van der Waals surface area contributed by atoms with Crippen LogP contribution in [0.3, 0.4) is 0 Å². The molecule has 1 unspecified atom stereocenters. The van der Waals surface area contributed by atoms with Gasteiger partial charge in [-0.05, 0) is 25.7 Å². The molecule has 0 heterocycles. The summed E-state index contributed by atoms with van der Waals surface area (Å²) in [7, 11) is 0. The molecule has 0 saturated heterocycles. The minimum atomic E-state index is -0.798. The minimum Gasteiger partial charge on any atom is -0.481 e. The Balaban J connectivity index is 3.29. The van der Waals surface area contributed by atoms with Crippen molar-refractivity contribution in [2.45, 2.75) is 51.0 Å². The number of rotatable bonds is 9. The summed E-state index contributed by atoms with van der Waals surface area (Å²) in [5.41, 5.74) is 5.74. The van der Waals surface area contributed by atoms with Gasteiger partial charge in [0.1, 0.15) is 0 Å². The second-order valence-corrected chi connectivity index (χ2v) is 3.69. The average Bonchev–Trinajstić information content (AvgIpc) is 2.11. The zero-order chi connectivity index (χ0) is 11.7. The van der Waals surface area contributed by atoms with E-state index in [0.717, 1.165) is 12.8 Å². The third-order valence-corrected chi connectivity index (χ3v) is 2.18. The maximum atomic E-state index is 10.2. The maximum Gasteiger partial charge on any atom is 0.303 e. The molecule has 0 aromatic heterocycles. The number of carbonyl (C=O) groups is 2.